The molecule has 2 heterocycles. The Labute approximate surface area is 137 Å². The molecule has 0 spiro atoms. The Balaban J connectivity index is 1.70. The maximum Gasteiger partial charge on any atom is 0.225 e. The van der Waals surface area contributed by atoms with Gasteiger partial charge in [-0.05, 0) is 50.9 Å². The highest BCUT2D eigenvalue weighted by atomic mass is 19.1. The van der Waals surface area contributed by atoms with E-state index in [2.05, 4.69) is 12.2 Å². The maximum absolute atomic E-state index is 13.1. The highest BCUT2D eigenvalue weighted by Crippen LogP contribution is 2.28. The predicted molar refractivity (Wildman–Crippen MR) is 86.5 cm³/mol. The summed E-state index contributed by atoms with van der Waals surface area (Å²) in [6, 6.07) is 6.77. The quantitative estimate of drug-likeness (QED) is 0.910. The van der Waals surface area contributed by atoms with Gasteiger partial charge < -0.3 is 15.0 Å². The van der Waals surface area contributed by atoms with Crippen molar-refractivity contribution >= 4 is 5.91 Å². The van der Waals surface area contributed by atoms with Crippen LogP contribution in [-0.4, -0.2) is 42.6 Å². The van der Waals surface area contributed by atoms with E-state index in [-0.39, 0.29) is 29.9 Å². The van der Waals surface area contributed by atoms with E-state index in [1.54, 1.807) is 12.1 Å². The molecule has 0 aliphatic carbocycles. The number of nitrogens with one attached hydrogen (secondary N) is 1. The summed E-state index contributed by atoms with van der Waals surface area (Å²) in [7, 11) is 0. The van der Waals surface area contributed by atoms with Gasteiger partial charge in [0.1, 0.15) is 11.9 Å². The smallest absolute Gasteiger partial charge is 0.225 e. The zero-order valence-corrected chi connectivity index (χ0v) is 13.8. The van der Waals surface area contributed by atoms with Gasteiger partial charge in [0.15, 0.2) is 0 Å². The Morgan fingerprint density at radius 3 is 2.70 bits per heavy atom. The van der Waals surface area contributed by atoms with Crippen molar-refractivity contribution in [1.82, 2.24) is 10.2 Å². The van der Waals surface area contributed by atoms with Crippen molar-refractivity contribution in [3.8, 4) is 0 Å². The molecule has 1 amide bonds. The van der Waals surface area contributed by atoms with Gasteiger partial charge in [-0.1, -0.05) is 12.1 Å². The molecule has 0 aromatic heterocycles. The third kappa shape index (κ3) is 3.90. The zero-order chi connectivity index (χ0) is 16.4. The van der Waals surface area contributed by atoms with Gasteiger partial charge in [0.25, 0.3) is 0 Å². The van der Waals surface area contributed by atoms with Gasteiger partial charge in [0, 0.05) is 18.5 Å². The second-order valence-corrected chi connectivity index (χ2v) is 6.81. The normalized spacial score (nSPS) is 31.9. The number of carbonyl (C=O) groups excluding carboxylic acids is 1. The van der Waals surface area contributed by atoms with Crippen molar-refractivity contribution in [2.24, 2.45) is 5.92 Å². The Morgan fingerprint density at radius 1 is 1.26 bits per heavy atom. The second-order valence-electron chi connectivity index (χ2n) is 6.81. The molecule has 0 radical (unpaired) electrons. The first-order chi connectivity index (χ1) is 11.0. The Kier molecular flexibility index (Phi) is 4.97. The van der Waals surface area contributed by atoms with Crippen molar-refractivity contribution in [1.29, 1.82) is 0 Å². The van der Waals surface area contributed by atoms with Crippen molar-refractivity contribution in [2.45, 2.75) is 44.9 Å². The third-order valence-electron chi connectivity index (χ3n) is 4.79. The largest absolute Gasteiger partial charge is 0.367 e. The molecule has 0 saturated carbocycles. The fourth-order valence-corrected chi connectivity index (χ4v) is 3.61. The summed E-state index contributed by atoms with van der Waals surface area (Å²) in [6.45, 7) is 6.20. The lowest BCUT2D eigenvalue weighted by molar-refractivity contribution is -0.150. The summed E-state index contributed by atoms with van der Waals surface area (Å²) in [5.74, 6) is 0.0836. The van der Waals surface area contributed by atoms with Gasteiger partial charge in [0.05, 0.1) is 12.6 Å². The summed E-state index contributed by atoms with van der Waals surface area (Å²) in [6.07, 6.45) is 1.60. The van der Waals surface area contributed by atoms with Crippen molar-refractivity contribution in [2.75, 3.05) is 19.6 Å². The molecule has 5 heteroatoms. The van der Waals surface area contributed by atoms with Gasteiger partial charge in [0.2, 0.25) is 5.91 Å². The molecule has 23 heavy (non-hydrogen) atoms. The average molecular weight is 320 g/mol. The molecule has 2 aliphatic rings. The fourth-order valence-electron chi connectivity index (χ4n) is 3.61. The Hall–Kier alpha value is -1.46. The van der Waals surface area contributed by atoms with Crippen LogP contribution in [0.15, 0.2) is 24.3 Å². The average Bonchev–Trinajstić information content (AvgIpc) is 2.54. The number of benzene rings is 1. The summed E-state index contributed by atoms with van der Waals surface area (Å²) >= 11 is 0. The van der Waals surface area contributed by atoms with E-state index in [1.165, 1.54) is 12.1 Å². The lowest BCUT2D eigenvalue weighted by Gasteiger charge is -2.40. The monoisotopic (exact) mass is 320 g/mol. The van der Waals surface area contributed by atoms with Crippen LogP contribution in [0.5, 0.6) is 0 Å². The van der Waals surface area contributed by atoms with Gasteiger partial charge in [-0.15, -0.1) is 0 Å². The van der Waals surface area contributed by atoms with Crippen LogP contribution in [0.25, 0.3) is 0 Å². The Bertz CT molecular complexity index is 548. The summed E-state index contributed by atoms with van der Waals surface area (Å²) in [5.41, 5.74) is 0.925. The van der Waals surface area contributed by atoms with Crippen LogP contribution < -0.4 is 5.32 Å². The van der Waals surface area contributed by atoms with Crippen LogP contribution in [0.3, 0.4) is 0 Å². The predicted octanol–water partition coefficient (Wildman–Crippen LogP) is 2.50. The van der Waals surface area contributed by atoms with Crippen LogP contribution in [0, 0.1) is 11.7 Å². The van der Waals surface area contributed by atoms with Crippen LogP contribution in [0.4, 0.5) is 4.39 Å². The molecule has 2 unspecified atom stereocenters. The lowest BCUT2D eigenvalue weighted by atomic mass is 9.91. The van der Waals surface area contributed by atoms with Gasteiger partial charge >= 0.3 is 0 Å². The fraction of sp³-hybridized carbons (Fsp3) is 0.611. The number of morpholine rings is 1. The first-order valence-electron chi connectivity index (χ1n) is 8.46. The number of piperidine rings is 1. The minimum Gasteiger partial charge on any atom is -0.367 e. The first kappa shape index (κ1) is 16.4. The number of halogens is 1. The molecule has 2 fully saturated rings. The molecule has 1 aromatic carbocycles. The molecule has 4 atom stereocenters. The van der Waals surface area contributed by atoms with E-state index in [0.29, 0.717) is 19.1 Å². The summed E-state index contributed by atoms with van der Waals surface area (Å²) in [5, 5.41) is 3.39. The number of nitrogens with zero attached hydrogens (tertiary/aromatic N) is 1. The van der Waals surface area contributed by atoms with Crippen LogP contribution in [0.2, 0.25) is 0 Å². The molecule has 2 saturated heterocycles. The zero-order valence-electron chi connectivity index (χ0n) is 13.8. The molecule has 1 aromatic rings. The number of carbonyl (C=O) groups is 1. The molecular weight excluding hydrogens is 295 g/mol. The van der Waals surface area contributed by atoms with Crippen molar-refractivity contribution in [3.05, 3.63) is 35.6 Å². The van der Waals surface area contributed by atoms with E-state index < -0.39 is 0 Å². The highest BCUT2D eigenvalue weighted by molar-refractivity contribution is 5.79. The third-order valence-corrected chi connectivity index (χ3v) is 4.79. The van der Waals surface area contributed by atoms with E-state index in [4.69, 9.17) is 4.74 Å². The molecule has 0 bridgehead atoms. The molecular formula is C18H25FN2O2. The maximum atomic E-state index is 13.1. The minimum absolute atomic E-state index is 0.0121. The standard InChI is InChI=1S/C18H25FN2O2/c1-12-9-15(7-8-20-12)18(22)21-10-13(2)23-17(11-21)14-3-5-16(19)6-4-14/h3-6,12-13,15,17,20H,7-11H2,1-2H3/t12-,13?,15-,17?/m0/s1. The number of hydrogen-bond donors (Lipinski definition) is 1. The van der Waals surface area contributed by atoms with Gasteiger partial charge in [-0.2, -0.15) is 0 Å². The van der Waals surface area contributed by atoms with E-state index in [9.17, 15) is 9.18 Å². The Morgan fingerprint density at radius 2 is 2.00 bits per heavy atom. The van der Waals surface area contributed by atoms with Crippen LogP contribution >= 0.6 is 0 Å². The molecule has 2 aliphatic heterocycles. The second kappa shape index (κ2) is 6.97. The van der Waals surface area contributed by atoms with Crippen molar-refractivity contribution < 1.29 is 13.9 Å². The molecule has 4 nitrogen and oxygen atoms in total. The number of rotatable bonds is 2. The lowest BCUT2D eigenvalue weighted by Crippen LogP contribution is -2.50. The molecule has 1 N–H and O–H groups in total. The minimum atomic E-state index is -0.255. The van der Waals surface area contributed by atoms with E-state index in [0.717, 1.165) is 24.9 Å². The number of hydrogen-bond acceptors (Lipinski definition) is 3. The van der Waals surface area contributed by atoms with E-state index >= 15 is 0 Å². The molecule has 3 rings (SSSR count). The molecule has 126 valence electrons. The number of amides is 1. The summed E-state index contributed by atoms with van der Waals surface area (Å²) in [4.78, 5) is 14.8. The topological polar surface area (TPSA) is 41.6 Å². The van der Waals surface area contributed by atoms with Crippen LogP contribution in [0.1, 0.15) is 38.4 Å². The highest BCUT2D eigenvalue weighted by Gasteiger charge is 2.34. The summed E-state index contributed by atoms with van der Waals surface area (Å²) < 4.78 is 19.1. The van der Waals surface area contributed by atoms with Crippen molar-refractivity contribution in [3.63, 3.8) is 0 Å². The van der Waals surface area contributed by atoms with Gasteiger partial charge in [-0.25, -0.2) is 4.39 Å². The SMILES string of the molecule is CC1CN(C(=O)[C@H]2CCN[C@@H](C)C2)CC(c2ccc(F)cc2)O1. The first-order valence-corrected chi connectivity index (χ1v) is 8.46. The van der Waals surface area contributed by atoms with Gasteiger partial charge in [-0.3, -0.25) is 4.79 Å². The van der Waals surface area contributed by atoms with Crippen LogP contribution in [-0.2, 0) is 9.53 Å². The number of ether oxygens (including phenoxy) is 1. The van der Waals surface area contributed by atoms with E-state index in [1.807, 2.05) is 11.8 Å².